The molecule has 0 spiro atoms. The van der Waals surface area contributed by atoms with E-state index in [2.05, 4.69) is 11.4 Å². The largest absolute Gasteiger partial charge is 0.497 e. The molecule has 1 rings (SSSR count). The summed E-state index contributed by atoms with van der Waals surface area (Å²) in [4.78, 5) is 11.7. The number of hydrogen-bond acceptors (Lipinski definition) is 3. The van der Waals surface area contributed by atoms with Crippen LogP contribution in [0.15, 0.2) is 24.3 Å². The molecule has 4 heteroatoms. The molecule has 106 valence electrons. The molecule has 0 saturated carbocycles. The standard InChI is InChI=1S/C15H24N2O2/c1-11(12(2)16)15(18)17-9-5-7-13-6-4-8-14(10-13)19-3/h4,6,8,10-12H,5,7,9,16H2,1-3H3,(H,17,18). The molecule has 0 fully saturated rings. The zero-order valence-corrected chi connectivity index (χ0v) is 12.0. The fraction of sp³-hybridized carbons (Fsp3) is 0.533. The summed E-state index contributed by atoms with van der Waals surface area (Å²) in [7, 11) is 1.66. The van der Waals surface area contributed by atoms with E-state index in [9.17, 15) is 4.79 Å². The molecule has 0 heterocycles. The molecule has 2 unspecified atom stereocenters. The number of nitrogens with one attached hydrogen (secondary N) is 1. The lowest BCUT2D eigenvalue weighted by Crippen LogP contribution is -2.39. The molecule has 0 radical (unpaired) electrons. The maximum absolute atomic E-state index is 11.7. The van der Waals surface area contributed by atoms with Crippen molar-refractivity contribution in [2.75, 3.05) is 13.7 Å². The highest BCUT2D eigenvalue weighted by atomic mass is 16.5. The molecule has 1 amide bonds. The quantitative estimate of drug-likeness (QED) is 0.737. The van der Waals surface area contributed by atoms with Gasteiger partial charge in [0.05, 0.1) is 7.11 Å². The van der Waals surface area contributed by atoms with Crippen molar-refractivity contribution in [1.29, 1.82) is 0 Å². The molecule has 1 aromatic carbocycles. The Balaban J connectivity index is 2.29. The summed E-state index contributed by atoms with van der Waals surface area (Å²) in [6.07, 6.45) is 1.83. The molecule has 1 aromatic rings. The third kappa shape index (κ3) is 5.30. The van der Waals surface area contributed by atoms with E-state index >= 15 is 0 Å². The van der Waals surface area contributed by atoms with Crippen LogP contribution in [0.25, 0.3) is 0 Å². The van der Waals surface area contributed by atoms with Crippen LogP contribution in [-0.4, -0.2) is 25.6 Å². The number of ether oxygens (including phenoxy) is 1. The van der Waals surface area contributed by atoms with Gasteiger partial charge >= 0.3 is 0 Å². The van der Waals surface area contributed by atoms with Gasteiger partial charge < -0.3 is 15.8 Å². The highest BCUT2D eigenvalue weighted by molar-refractivity contribution is 5.78. The first kappa shape index (κ1) is 15.5. The van der Waals surface area contributed by atoms with E-state index in [1.165, 1.54) is 5.56 Å². The van der Waals surface area contributed by atoms with E-state index in [0.29, 0.717) is 6.54 Å². The summed E-state index contributed by atoms with van der Waals surface area (Å²) in [6, 6.07) is 7.88. The topological polar surface area (TPSA) is 64.3 Å². The first-order valence-corrected chi connectivity index (χ1v) is 6.71. The van der Waals surface area contributed by atoms with Crippen LogP contribution in [0.2, 0.25) is 0 Å². The van der Waals surface area contributed by atoms with Gasteiger partial charge in [-0.3, -0.25) is 4.79 Å². The second-order valence-electron chi connectivity index (χ2n) is 4.89. The van der Waals surface area contributed by atoms with Crippen molar-refractivity contribution in [3.63, 3.8) is 0 Å². The number of aryl methyl sites for hydroxylation is 1. The number of benzene rings is 1. The van der Waals surface area contributed by atoms with Gasteiger partial charge in [-0.25, -0.2) is 0 Å². The first-order chi connectivity index (χ1) is 9.04. The first-order valence-electron chi connectivity index (χ1n) is 6.71. The van der Waals surface area contributed by atoms with Crippen molar-refractivity contribution in [2.24, 2.45) is 11.7 Å². The van der Waals surface area contributed by atoms with Crippen molar-refractivity contribution < 1.29 is 9.53 Å². The molecule has 19 heavy (non-hydrogen) atoms. The van der Waals surface area contributed by atoms with Gasteiger partial charge in [0.25, 0.3) is 0 Å². The Morgan fingerprint density at radius 2 is 2.16 bits per heavy atom. The summed E-state index contributed by atoms with van der Waals surface area (Å²) in [6.45, 7) is 4.37. The van der Waals surface area contributed by atoms with Gasteiger partial charge in [0, 0.05) is 18.5 Å². The van der Waals surface area contributed by atoms with Crippen molar-refractivity contribution in [1.82, 2.24) is 5.32 Å². The van der Waals surface area contributed by atoms with Crippen LogP contribution < -0.4 is 15.8 Å². The highest BCUT2D eigenvalue weighted by Gasteiger charge is 2.15. The average molecular weight is 264 g/mol. The smallest absolute Gasteiger partial charge is 0.224 e. The minimum atomic E-state index is -0.142. The SMILES string of the molecule is COc1cccc(CCCNC(=O)C(C)C(C)N)c1. The molecule has 3 N–H and O–H groups in total. The Labute approximate surface area is 115 Å². The fourth-order valence-electron chi connectivity index (χ4n) is 1.73. The number of carbonyl (C=O) groups is 1. The van der Waals surface area contributed by atoms with E-state index in [4.69, 9.17) is 10.5 Å². The second kappa shape index (κ2) is 7.79. The predicted molar refractivity (Wildman–Crippen MR) is 77.1 cm³/mol. The number of nitrogens with two attached hydrogens (primary N) is 1. The molecule has 0 saturated heterocycles. The van der Waals surface area contributed by atoms with Crippen molar-refractivity contribution in [2.45, 2.75) is 32.7 Å². The molecule has 0 aromatic heterocycles. The molecule has 4 nitrogen and oxygen atoms in total. The number of rotatable bonds is 7. The Hall–Kier alpha value is -1.55. The highest BCUT2D eigenvalue weighted by Crippen LogP contribution is 2.13. The van der Waals surface area contributed by atoms with Crippen molar-refractivity contribution >= 4 is 5.91 Å². The van der Waals surface area contributed by atoms with E-state index in [1.807, 2.05) is 32.0 Å². The van der Waals surface area contributed by atoms with Gasteiger partial charge in [0.2, 0.25) is 5.91 Å². The monoisotopic (exact) mass is 264 g/mol. The van der Waals surface area contributed by atoms with Gasteiger partial charge in [0.1, 0.15) is 5.75 Å². The molecular weight excluding hydrogens is 240 g/mol. The molecule has 0 aliphatic heterocycles. The van der Waals surface area contributed by atoms with Crippen molar-refractivity contribution in [3.8, 4) is 5.75 Å². The molecule has 0 bridgehead atoms. The molecule has 0 aliphatic carbocycles. The van der Waals surface area contributed by atoms with Gasteiger partial charge in [-0.15, -0.1) is 0 Å². The Morgan fingerprint density at radius 3 is 2.79 bits per heavy atom. The van der Waals surface area contributed by atoms with Gasteiger partial charge in [-0.05, 0) is 37.5 Å². The average Bonchev–Trinajstić information content (AvgIpc) is 2.42. The normalized spacial score (nSPS) is 13.7. The number of carbonyl (C=O) groups excluding carboxylic acids is 1. The third-order valence-corrected chi connectivity index (χ3v) is 3.28. The summed E-state index contributed by atoms with van der Waals surface area (Å²) < 4.78 is 5.17. The lowest BCUT2D eigenvalue weighted by molar-refractivity contribution is -0.124. The van der Waals surface area contributed by atoms with Crippen LogP contribution in [0.5, 0.6) is 5.75 Å². The number of methoxy groups -OCH3 is 1. The summed E-state index contributed by atoms with van der Waals surface area (Å²) in [5.74, 6) is 0.754. The van der Waals surface area contributed by atoms with Crippen LogP contribution in [0.4, 0.5) is 0 Å². The lowest BCUT2D eigenvalue weighted by atomic mass is 10.0. The molecular formula is C15H24N2O2. The van der Waals surface area contributed by atoms with Crippen LogP contribution >= 0.6 is 0 Å². The Kier molecular flexibility index (Phi) is 6.36. The summed E-state index contributed by atoms with van der Waals surface area (Å²) in [5.41, 5.74) is 6.91. The Bertz CT molecular complexity index is 405. The molecule has 0 aliphatic rings. The van der Waals surface area contributed by atoms with E-state index in [0.717, 1.165) is 18.6 Å². The summed E-state index contributed by atoms with van der Waals surface area (Å²) in [5, 5.41) is 2.91. The van der Waals surface area contributed by atoms with Crippen molar-refractivity contribution in [3.05, 3.63) is 29.8 Å². The lowest BCUT2D eigenvalue weighted by Gasteiger charge is -2.15. The van der Waals surface area contributed by atoms with Crippen LogP contribution in [0.3, 0.4) is 0 Å². The minimum absolute atomic E-state index is 0.0284. The summed E-state index contributed by atoms with van der Waals surface area (Å²) >= 11 is 0. The Morgan fingerprint density at radius 1 is 1.42 bits per heavy atom. The van der Waals surface area contributed by atoms with Crippen LogP contribution in [-0.2, 0) is 11.2 Å². The van der Waals surface area contributed by atoms with Gasteiger partial charge in [-0.2, -0.15) is 0 Å². The van der Waals surface area contributed by atoms with Gasteiger partial charge in [0.15, 0.2) is 0 Å². The van der Waals surface area contributed by atoms with E-state index in [-0.39, 0.29) is 17.9 Å². The fourth-order valence-corrected chi connectivity index (χ4v) is 1.73. The van der Waals surface area contributed by atoms with Crippen LogP contribution in [0, 0.1) is 5.92 Å². The minimum Gasteiger partial charge on any atom is -0.497 e. The van der Waals surface area contributed by atoms with Gasteiger partial charge in [-0.1, -0.05) is 19.1 Å². The molecule has 2 atom stereocenters. The maximum Gasteiger partial charge on any atom is 0.224 e. The zero-order chi connectivity index (χ0) is 14.3. The number of hydrogen-bond donors (Lipinski definition) is 2. The van der Waals surface area contributed by atoms with Crippen LogP contribution in [0.1, 0.15) is 25.8 Å². The second-order valence-corrected chi connectivity index (χ2v) is 4.89. The third-order valence-electron chi connectivity index (χ3n) is 3.28. The maximum atomic E-state index is 11.7. The zero-order valence-electron chi connectivity index (χ0n) is 12.0. The van der Waals surface area contributed by atoms with E-state index in [1.54, 1.807) is 7.11 Å². The van der Waals surface area contributed by atoms with E-state index < -0.39 is 0 Å². The number of amides is 1. The predicted octanol–water partition coefficient (Wildman–Crippen LogP) is 1.73.